The third-order valence-corrected chi connectivity index (χ3v) is 2.91. The van der Waals surface area contributed by atoms with Crippen molar-refractivity contribution in [1.29, 1.82) is 0 Å². The van der Waals surface area contributed by atoms with Crippen molar-refractivity contribution in [1.82, 2.24) is 0 Å². The molecule has 0 aliphatic carbocycles. The molecule has 19 heavy (non-hydrogen) atoms. The fourth-order valence-electron chi connectivity index (χ4n) is 1.90. The zero-order chi connectivity index (χ0) is 13.8. The van der Waals surface area contributed by atoms with Gasteiger partial charge in [0, 0.05) is 0 Å². The average molecular weight is 258 g/mol. The Hall–Kier alpha value is -2.16. The van der Waals surface area contributed by atoms with Crippen LogP contribution in [0.15, 0.2) is 42.5 Å². The van der Waals surface area contributed by atoms with Crippen molar-refractivity contribution in [3.8, 4) is 11.5 Å². The summed E-state index contributed by atoms with van der Waals surface area (Å²) in [5.41, 5.74) is 1.23. The van der Waals surface area contributed by atoms with Crippen LogP contribution in [0, 0.1) is 5.82 Å². The zero-order valence-corrected chi connectivity index (χ0v) is 10.9. The van der Waals surface area contributed by atoms with Gasteiger partial charge in [0.25, 0.3) is 0 Å². The van der Waals surface area contributed by atoms with E-state index in [2.05, 4.69) is 0 Å². The number of ether oxygens (including phenoxy) is 1. The van der Waals surface area contributed by atoms with Crippen LogP contribution >= 0.6 is 0 Å². The molecule has 3 heteroatoms. The van der Waals surface area contributed by atoms with Crippen LogP contribution in [0.1, 0.15) is 29.8 Å². The van der Waals surface area contributed by atoms with Crippen molar-refractivity contribution in [2.45, 2.75) is 20.3 Å². The minimum atomic E-state index is -0.529. The lowest BCUT2D eigenvalue weighted by Gasteiger charge is -2.13. The molecule has 0 aliphatic rings. The van der Waals surface area contributed by atoms with Gasteiger partial charge in [-0.15, -0.1) is 0 Å². The summed E-state index contributed by atoms with van der Waals surface area (Å²) in [7, 11) is 0. The molecule has 0 aliphatic heterocycles. The molecule has 0 amide bonds. The Morgan fingerprint density at radius 2 is 1.89 bits per heavy atom. The highest BCUT2D eigenvalue weighted by Gasteiger charge is 2.15. The fraction of sp³-hybridized carbons (Fsp3) is 0.188. The standard InChI is InChI=1S/C16H15FO2/c1-3-12-7-4-5-10-15(12)19-16-13(11(2)18)8-6-9-14(16)17/h4-10H,3H2,1-2H3. The monoisotopic (exact) mass is 258 g/mol. The van der Waals surface area contributed by atoms with E-state index in [-0.39, 0.29) is 17.1 Å². The lowest BCUT2D eigenvalue weighted by molar-refractivity contribution is 0.101. The van der Waals surface area contributed by atoms with E-state index < -0.39 is 5.82 Å². The minimum Gasteiger partial charge on any atom is -0.453 e. The predicted molar refractivity (Wildman–Crippen MR) is 72.3 cm³/mol. The fourth-order valence-corrected chi connectivity index (χ4v) is 1.90. The Labute approximate surface area is 111 Å². The van der Waals surface area contributed by atoms with Crippen LogP contribution in [0.2, 0.25) is 0 Å². The molecule has 0 saturated heterocycles. The average Bonchev–Trinajstić information content (AvgIpc) is 2.41. The van der Waals surface area contributed by atoms with E-state index in [1.807, 2.05) is 25.1 Å². The first kappa shape index (κ1) is 13.3. The topological polar surface area (TPSA) is 26.3 Å². The van der Waals surface area contributed by atoms with Crippen LogP contribution in [0.3, 0.4) is 0 Å². The molecule has 0 atom stereocenters. The van der Waals surface area contributed by atoms with E-state index in [9.17, 15) is 9.18 Å². The Kier molecular flexibility index (Phi) is 3.95. The van der Waals surface area contributed by atoms with Gasteiger partial charge in [-0.2, -0.15) is 0 Å². The molecule has 2 rings (SSSR count). The quantitative estimate of drug-likeness (QED) is 0.760. The number of para-hydroxylation sites is 2. The Morgan fingerprint density at radius 3 is 2.58 bits per heavy atom. The Bertz CT molecular complexity index is 605. The predicted octanol–water partition coefficient (Wildman–Crippen LogP) is 4.38. The number of rotatable bonds is 4. The summed E-state index contributed by atoms with van der Waals surface area (Å²) in [5.74, 6) is -0.171. The highest BCUT2D eigenvalue weighted by atomic mass is 19.1. The second kappa shape index (κ2) is 5.65. The molecule has 98 valence electrons. The SMILES string of the molecule is CCc1ccccc1Oc1c(F)cccc1C(C)=O. The molecule has 0 radical (unpaired) electrons. The van der Waals surface area contributed by atoms with Crippen LogP contribution in [0.5, 0.6) is 11.5 Å². The van der Waals surface area contributed by atoms with E-state index >= 15 is 0 Å². The van der Waals surface area contributed by atoms with Gasteiger partial charge in [0.1, 0.15) is 5.75 Å². The van der Waals surface area contributed by atoms with Gasteiger partial charge in [-0.25, -0.2) is 4.39 Å². The number of hydrogen-bond acceptors (Lipinski definition) is 2. The van der Waals surface area contributed by atoms with Crippen molar-refractivity contribution >= 4 is 5.78 Å². The Balaban J connectivity index is 2.46. The largest absolute Gasteiger partial charge is 0.453 e. The summed E-state index contributed by atoms with van der Waals surface area (Å²) in [6.07, 6.45) is 0.778. The summed E-state index contributed by atoms with van der Waals surface area (Å²) >= 11 is 0. The summed E-state index contributed by atoms with van der Waals surface area (Å²) < 4.78 is 19.5. The maximum atomic E-state index is 13.9. The molecule has 0 unspecified atom stereocenters. The third-order valence-electron chi connectivity index (χ3n) is 2.91. The van der Waals surface area contributed by atoms with Gasteiger partial charge in [0.05, 0.1) is 5.56 Å². The maximum Gasteiger partial charge on any atom is 0.173 e. The van der Waals surface area contributed by atoms with E-state index in [0.717, 1.165) is 12.0 Å². The van der Waals surface area contributed by atoms with Crippen LogP contribution in [-0.4, -0.2) is 5.78 Å². The van der Waals surface area contributed by atoms with Gasteiger partial charge in [0.15, 0.2) is 17.3 Å². The van der Waals surface area contributed by atoms with Gasteiger partial charge >= 0.3 is 0 Å². The van der Waals surface area contributed by atoms with Crippen molar-refractivity contribution < 1.29 is 13.9 Å². The highest BCUT2D eigenvalue weighted by molar-refractivity contribution is 5.96. The van der Waals surface area contributed by atoms with E-state index in [1.54, 1.807) is 12.1 Å². The zero-order valence-electron chi connectivity index (χ0n) is 10.9. The van der Waals surface area contributed by atoms with Crippen LogP contribution < -0.4 is 4.74 Å². The normalized spacial score (nSPS) is 10.3. The first-order chi connectivity index (χ1) is 9.13. The van der Waals surface area contributed by atoms with Crippen molar-refractivity contribution in [3.63, 3.8) is 0 Å². The van der Waals surface area contributed by atoms with Crippen LogP contribution in [-0.2, 0) is 6.42 Å². The number of carbonyl (C=O) groups excluding carboxylic acids is 1. The first-order valence-corrected chi connectivity index (χ1v) is 6.18. The molecule has 0 fully saturated rings. The number of aryl methyl sites for hydroxylation is 1. The molecule has 2 aromatic rings. The van der Waals surface area contributed by atoms with Crippen LogP contribution in [0.25, 0.3) is 0 Å². The number of benzene rings is 2. The van der Waals surface area contributed by atoms with E-state index in [1.165, 1.54) is 19.1 Å². The van der Waals surface area contributed by atoms with Gasteiger partial charge in [-0.05, 0) is 37.1 Å². The molecule has 0 spiro atoms. The van der Waals surface area contributed by atoms with Crippen LogP contribution in [0.4, 0.5) is 4.39 Å². The molecule has 0 aromatic heterocycles. The third kappa shape index (κ3) is 2.81. The number of ketones is 1. The van der Waals surface area contributed by atoms with Crippen molar-refractivity contribution in [3.05, 3.63) is 59.4 Å². The highest BCUT2D eigenvalue weighted by Crippen LogP contribution is 2.31. The number of carbonyl (C=O) groups is 1. The molecule has 0 saturated carbocycles. The summed E-state index contributed by atoms with van der Waals surface area (Å²) in [6.45, 7) is 3.39. The number of hydrogen-bond donors (Lipinski definition) is 0. The smallest absolute Gasteiger partial charge is 0.173 e. The molecule has 2 nitrogen and oxygen atoms in total. The second-order valence-corrected chi connectivity index (χ2v) is 4.24. The van der Waals surface area contributed by atoms with Crippen molar-refractivity contribution in [2.24, 2.45) is 0 Å². The van der Waals surface area contributed by atoms with Crippen molar-refractivity contribution in [2.75, 3.05) is 0 Å². The summed E-state index contributed by atoms with van der Waals surface area (Å²) in [5, 5.41) is 0. The molecule has 0 heterocycles. The summed E-state index contributed by atoms with van der Waals surface area (Å²) in [4.78, 5) is 11.5. The molecule has 0 N–H and O–H groups in total. The van der Waals surface area contributed by atoms with Gasteiger partial charge < -0.3 is 4.74 Å². The maximum absolute atomic E-state index is 13.9. The molecular weight excluding hydrogens is 243 g/mol. The number of Topliss-reactive ketones (excluding diaryl/α,β-unsaturated/α-hetero) is 1. The van der Waals surface area contributed by atoms with Gasteiger partial charge in [0.2, 0.25) is 0 Å². The lowest BCUT2D eigenvalue weighted by Crippen LogP contribution is -2.00. The van der Waals surface area contributed by atoms with Gasteiger partial charge in [-0.3, -0.25) is 4.79 Å². The minimum absolute atomic E-state index is 0.00380. The second-order valence-electron chi connectivity index (χ2n) is 4.24. The molecular formula is C16H15FO2. The Morgan fingerprint density at radius 1 is 1.16 bits per heavy atom. The van der Waals surface area contributed by atoms with E-state index in [0.29, 0.717) is 5.75 Å². The molecule has 2 aromatic carbocycles. The molecule has 0 bridgehead atoms. The summed E-state index contributed by atoms with van der Waals surface area (Å²) in [6, 6.07) is 11.8. The van der Waals surface area contributed by atoms with E-state index in [4.69, 9.17) is 4.74 Å². The van der Waals surface area contributed by atoms with Gasteiger partial charge in [-0.1, -0.05) is 31.2 Å². The number of halogens is 1. The lowest BCUT2D eigenvalue weighted by atomic mass is 10.1. The first-order valence-electron chi connectivity index (χ1n) is 6.18.